The van der Waals surface area contributed by atoms with Gasteiger partial charge in [-0.25, -0.2) is 0 Å². The highest BCUT2D eigenvalue weighted by Gasteiger charge is 2.59. The van der Waals surface area contributed by atoms with Crippen LogP contribution in [0.1, 0.15) is 12.8 Å². The maximum Gasteiger partial charge on any atom is 0.233 e. The van der Waals surface area contributed by atoms with Crippen molar-refractivity contribution in [1.82, 2.24) is 4.90 Å². The smallest absolute Gasteiger partial charge is 0.233 e. The number of rotatable bonds is 3. The number of amides is 3. The second-order valence-electron chi connectivity index (χ2n) is 8.34. The van der Waals surface area contributed by atoms with Crippen molar-refractivity contribution in [2.45, 2.75) is 22.6 Å². The Bertz CT molecular complexity index is 1050. The number of benzene rings is 2. The van der Waals surface area contributed by atoms with Crippen LogP contribution in [0.4, 0.5) is 11.4 Å². The summed E-state index contributed by atoms with van der Waals surface area (Å²) < 4.78 is 0. The highest BCUT2D eigenvalue weighted by molar-refractivity contribution is 7.99. The van der Waals surface area contributed by atoms with Gasteiger partial charge in [0.25, 0.3) is 0 Å². The van der Waals surface area contributed by atoms with Gasteiger partial charge in [0, 0.05) is 22.8 Å². The van der Waals surface area contributed by atoms with Crippen molar-refractivity contribution in [1.29, 1.82) is 0 Å². The van der Waals surface area contributed by atoms with Gasteiger partial charge in [0.1, 0.15) is 0 Å². The van der Waals surface area contributed by atoms with E-state index in [1.807, 2.05) is 48.5 Å². The van der Waals surface area contributed by atoms with Gasteiger partial charge < -0.3 is 0 Å². The lowest BCUT2D eigenvalue weighted by Crippen LogP contribution is -2.37. The van der Waals surface area contributed by atoms with Crippen LogP contribution in [0, 0.1) is 23.7 Å². The number of para-hydroxylation sites is 2. The Labute approximate surface area is 178 Å². The van der Waals surface area contributed by atoms with Gasteiger partial charge in [-0.3, -0.25) is 24.2 Å². The second kappa shape index (κ2) is 6.57. The lowest BCUT2D eigenvalue weighted by atomic mass is 9.85. The van der Waals surface area contributed by atoms with Crippen LogP contribution in [0.25, 0.3) is 0 Å². The maximum absolute atomic E-state index is 13.3. The van der Waals surface area contributed by atoms with Crippen LogP contribution in [0.2, 0.25) is 0 Å². The van der Waals surface area contributed by atoms with Crippen LogP contribution in [-0.2, 0) is 14.4 Å². The first kappa shape index (κ1) is 18.0. The number of fused-ring (bicyclic) bond motifs is 7. The predicted molar refractivity (Wildman–Crippen MR) is 113 cm³/mol. The molecule has 150 valence electrons. The number of carbonyl (C=O) groups is 3. The number of likely N-dealkylation sites (tertiary alicyclic amines) is 1. The zero-order chi connectivity index (χ0) is 20.4. The predicted octanol–water partition coefficient (Wildman–Crippen LogP) is 4.01. The van der Waals surface area contributed by atoms with Crippen LogP contribution >= 0.6 is 11.8 Å². The molecule has 2 fully saturated rings. The summed E-state index contributed by atoms with van der Waals surface area (Å²) in [4.78, 5) is 44.3. The molecule has 0 radical (unpaired) electrons. The molecule has 5 nitrogen and oxygen atoms in total. The zero-order valence-corrected chi connectivity index (χ0v) is 17.0. The number of allylic oxidation sites excluding steroid dienone is 2. The van der Waals surface area contributed by atoms with E-state index in [4.69, 9.17) is 0 Å². The molecule has 2 aliphatic heterocycles. The molecule has 2 heterocycles. The Hall–Kier alpha value is -2.86. The van der Waals surface area contributed by atoms with Crippen LogP contribution in [0.15, 0.2) is 70.5 Å². The van der Waals surface area contributed by atoms with E-state index in [0.29, 0.717) is 0 Å². The Balaban J connectivity index is 1.25. The lowest BCUT2D eigenvalue weighted by Gasteiger charge is -2.31. The molecular weight excluding hydrogens is 396 g/mol. The topological polar surface area (TPSA) is 57.7 Å². The van der Waals surface area contributed by atoms with Gasteiger partial charge in [0.15, 0.2) is 0 Å². The van der Waals surface area contributed by atoms with Crippen molar-refractivity contribution >= 4 is 40.9 Å². The largest absolute Gasteiger partial charge is 0.282 e. The monoisotopic (exact) mass is 416 g/mol. The molecule has 1 saturated carbocycles. The minimum atomic E-state index is -0.213. The summed E-state index contributed by atoms with van der Waals surface area (Å²) in [5, 5.41) is 0. The standard InChI is InChI=1S/C24H20N2O3S/c27-20(11-12-25-23(28)21-14-9-10-15(13-14)22(21)24(25)29)26-16-5-1-3-7-18(16)30-19-8-4-2-6-17(19)26/h1-10,14-15,21-22H,11-13H2/t14-,15-,21+,22+/m0/s1. The van der Waals surface area contributed by atoms with E-state index < -0.39 is 0 Å². The van der Waals surface area contributed by atoms with Crippen LogP contribution in [0.3, 0.4) is 0 Å². The van der Waals surface area contributed by atoms with Crippen LogP contribution in [0.5, 0.6) is 0 Å². The van der Waals surface area contributed by atoms with Gasteiger partial charge in [0.2, 0.25) is 17.7 Å². The normalized spacial score (nSPS) is 28.0. The molecule has 1 saturated heterocycles. The summed E-state index contributed by atoms with van der Waals surface area (Å²) in [6, 6.07) is 15.7. The van der Waals surface area contributed by atoms with Crippen LogP contribution < -0.4 is 4.90 Å². The Morgan fingerprint density at radius 2 is 1.40 bits per heavy atom. The summed E-state index contributed by atoms with van der Waals surface area (Å²) in [7, 11) is 0. The molecule has 6 heteroatoms. The quantitative estimate of drug-likeness (QED) is 0.560. The third-order valence-corrected chi connectivity index (χ3v) is 7.92. The molecule has 2 bridgehead atoms. The number of hydrogen-bond donors (Lipinski definition) is 0. The number of nitrogens with zero attached hydrogens (tertiary/aromatic N) is 2. The molecule has 3 amide bonds. The van der Waals surface area contributed by atoms with Crippen molar-refractivity contribution < 1.29 is 14.4 Å². The lowest BCUT2D eigenvalue weighted by molar-refractivity contribution is -0.140. The first-order chi connectivity index (χ1) is 14.6. The van der Waals surface area contributed by atoms with Gasteiger partial charge in [-0.05, 0) is 42.5 Å². The molecule has 30 heavy (non-hydrogen) atoms. The average molecular weight is 417 g/mol. The van der Waals surface area contributed by atoms with E-state index in [2.05, 4.69) is 12.2 Å². The number of hydrogen-bond acceptors (Lipinski definition) is 4. The number of anilines is 2. The third-order valence-electron chi connectivity index (χ3n) is 6.79. The molecule has 4 aliphatic rings. The van der Waals surface area contributed by atoms with E-state index in [-0.39, 0.29) is 54.4 Å². The molecular formula is C24H20N2O3S. The van der Waals surface area contributed by atoms with Gasteiger partial charge >= 0.3 is 0 Å². The highest BCUT2D eigenvalue weighted by Crippen LogP contribution is 2.52. The minimum Gasteiger partial charge on any atom is -0.282 e. The van der Waals surface area contributed by atoms with E-state index in [9.17, 15) is 14.4 Å². The molecule has 4 atom stereocenters. The first-order valence-corrected chi connectivity index (χ1v) is 11.2. The van der Waals surface area contributed by atoms with Gasteiger partial charge in [-0.15, -0.1) is 0 Å². The number of imide groups is 1. The summed E-state index contributed by atoms with van der Waals surface area (Å²) >= 11 is 1.65. The van der Waals surface area contributed by atoms with E-state index in [1.165, 1.54) is 4.90 Å². The molecule has 6 rings (SSSR count). The minimum absolute atomic E-state index is 0.0929. The summed E-state index contributed by atoms with van der Waals surface area (Å²) in [6.07, 6.45) is 5.21. The number of carbonyl (C=O) groups excluding carboxylic acids is 3. The average Bonchev–Trinajstić information content (AvgIpc) is 3.44. The summed E-state index contributed by atoms with van der Waals surface area (Å²) in [6.45, 7) is 0.150. The Morgan fingerprint density at radius 1 is 0.867 bits per heavy atom. The first-order valence-electron chi connectivity index (χ1n) is 10.4. The zero-order valence-electron chi connectivity index (χ0n) is 16.2. The molecule has 0 spiro atoms. The molecule has 0 N–H and O–H groups in total. The van der Waals surface area contributed by atoms with E-state index >= 15 is 0 Å². The Kier molecular flexibility index (Phi) is 3.93. The molecule has 2 aromatic carbocycles. The fraction of sp³-hybridized carbons (Fsp3) is 0.292. The summed E-state index contributed by atoms with van der Waals surface area (Å²) in [5.74, 6) is -0.334. The van der Waals surface area contributed by atoms with Crippen molar-refractivity contribution in [3.05, 3.63) is 60.7 Å². The SMILES string of the molecule is O=C1[C@H]2[C@H](C(=O)N1CCC(=O)N1c3ccccc3Sc3ccccc31)[C@H]1C=C[C@H]2C1. The van der Waals surface area contributed by atoms with E-state index in [1.54, 1.807) is 16.7 Å². The van der Waals surface area contributed by atoms with Crippen molar-refractivity contribution in [2.75, 3.05) is 11.4 Å². The van der Waals surface area contributed by atoms with Gasteiger partial charge in [-0.2, -0.15) is 0 Å². The third kappa shape index (κ3) is 2.46. The Morgan fingerprint density at radius 3 is 1.97 bits per heavy atom. The highest BCUT2D eigenvalue weighted by atomic mass is 32.2. The fourth-order valence-electron chi connectivity index (χ4n) is 5.48. The molecule has 2 aliphatic carbocycles. The van der Waals surface area contributed by atoms with E-state index in [0.717, 1.165) is 27.6 Å². The molecule has 2 aromatic rings. The molecule has 0 unspecified atom stereocenters. The van der Waals surface area contributed by atoms with Gasteiger partial charge in [0.05, 0.1) is 23.2 Å². The van der Waals surface area contributed by atoms with Crippen molar-refractivity contribution in [3.63, 3.8) is 0 Å². The molecule has 0 aromatic heterocycles. The van der Waals surface area contributed by atoms with Crippen LogP contribution in [-0.4, -0.2) is 29.2 Å². The summed E-state index contributed by atoms with van der Waals surface area (Å²) in [5.41, 5.74) is 1.70. The van der Waals surface area contributed by atoms with Gasteiger partial charge in [-0.1, -0.05) is 48.2 Å². The maximum atomic E-state index is 13.3. The van der Waals surface area contributed by atoms with Crippen molar-refractivity contribution in [2.24, 2.45) is 23.7 Å². The second-order valence-corrected chi connectivity index (χ2v) is 9.43. The fourth-order valence-corrected chi connectivity index (χ4v) is 6.53. The van der Waals surface area contributed by atoms with Crippen molar-refractivity contribution in [3.8, 4) is 0 Å².